The Morgan fingerprint density at radius 1 is 1.38 bits per heavy atom. The molecule has 0 radical (unpaired) electrons. The number of carboxylic acids is 1. The van der Waals surface area contributed by atoms with Gasteiger partial charge in [0.2, 0.25) is 5.91 Å². The number of carbonyl (C=O) groups excluding carboxylic acids is 1. The molecule has 0 fully saturated rings. The monoisotopic (exact) mass is 289 g/mol. The van der Waals surface area contributed by atoms with E-state index in [9.17, 15) is 9.59 Å². The summed E-state index contributed by atoms with van der Waals surface area (Å²) in [5, 5.41) is 8.63. The van der Waals surface area contributed by atoms with Gasteiger partial charge in [-0.3, -0.25) is 9.59 Å². The van der Waals surface area contributed by atoms with Crippen molar-refractivity contribution in [2.24, 2.45) is 0 Å². The first-order valence-electron chi connectivity index (χ1n) is 6.89. The van der Waals surface area contributed by atoms with Crippen LogP contribution in [0.15, 0.2) is 30.6 Å². The van der Waals surface area contributed by atoms with Gasteiger partial charge in [0, 0.05) is 20.0 Å². The highest BCUT2D eigenvalue weighted by molar-refractivity contribution is 5.83. The van der Waals surface area contributed by atoms with E-state index in [4.69, 9.17) is 5.11 Å². The van der Waals surface area contributed by atoms with Gasteiger partial charge in [0.15, 0.2) is 0 Å². The van der Waals surface area contributed by atoms with Crippen LogP contribution in [0.4, 0.5) is 0 Å². The molecule has 1 aromatic heterocycles. The Morgan fingerprint density at radius 3 is 2.81 bits per heavy atom. The number of nitrogens with zero attached hydrogens (tertiary/aromatic N) is 3. The van der Waals surface area contributed by atoms with E-state index in [1.807, 2.05) is 35.8 Å². The van der Waals surface area contributed by atoms with Gasteiger partial charge >= 0.3 is 5.97 Å². The van der Waals surface area contributed by atoms with E-state index in [0.717, 1.165) is 11.0 Å². The second-order valence-electron chi connectivity index (χ2n) is 5.07. The summed E-state index contributed by atoms with van der Waals surface area (Å²) in [5.41, 5.74) is 1.77. The van der Waals surface area contributed by atoms with Gasteiger partial charge in [0.25, 0.3) is 0 Å². The van der Waals surface area contributed by atoms with Crippen LogP contribution in [0.5, 0.6) is 0 Å². The van der Waals surface area contributed by atoms with Crippen molar-refractivity contribution >= 4 is 22.9 Å². The molecule has 0 aliphatic heterocycles. The molecule has 0 bridgehead atoms. The van der Waals surface area contributed by atoms with Crippen LogP contribution >= 0.6 is 0 Å². The number of carboxylic acid groups (broad SMARTS) is 1. The fraction of sp³-hybridized carbons (Fsp3) is 0.400. The van der Waals surface area contributed by atoms with Crippen molar-refractivity contribution in [2.45, 2.75) is 25.8 Å². The average Bonchev–Trinajstić information content (AvgIpc) is 2.89. The Balaban J connectivity index is 2.06. The van der Waals surface area contributed by atoms with Crippen LogP contribution in [-0.2, 0) is 9.59 Å². The minimum absolute atomic E-state index is 0.0523. The summed E-state index contributed by atoms with van der Waals surface area (Å²) in [6, 6.07) is 7.28. The first-order chi connectivity index (χ1) is 10.0. The van der Waals surface area contributed by atoms with Crippen molar-refractivity contribution in [3.05, 3.63) is 30.6 Å². The number of aromatic nitrogens is 2. The molecule has 0 aliphatic rings. The minimum atomic E-state index is -0.843. The Bertz CT molecular complexity index is 650. The number of amides is 1. The van der Waals surface area contributed by atoms with Crippen molar-refractivity contribution in [1.29, 1.82) is 0 Å². The van der Waals surface area contributed by atoms with Crippen LogP contribution < -0.4 is 0 Å². The Labute approximate surface area is 123 Å². The fourth-order valence-electron chi connectivity index (χ4n) is 2.30. The number of hydrogen-bond acceptors (Lipinski definition) is 3. The molecule has 0 saturated carbocycles. The molecule has 1 amide bonds. The summed E-state index contributed by atoms with van der Waals surface area (Å²) >= 11 is 0. The SMILES string of the molecule is CC(C(=O)N(C)CCCC(=O)O)n1cnc2ccccc21. The molecule has 1 aromatic carbocycles. The highest BCUT2D eigenvalue weighted by atomic mass is 16.4. The molecule has 6 nitrogen and oxygen atoms in total. The molecule has 2 aromatic rings. The number of fused-ring (bicyclic) bond motifs is 1. The van der Waals surface area contributed by atoms with Gasteiger partial charge in [-0.2, -0.15) is 0 Å². The molecule has 21 heavy (non-hydrogen) atoms. The van der Waals surface area contributed by atoms with Crippen LogP contribution in [0.25, 0.3) is 11.0 Å². The summed E-state index contributed by atoms with van der Waals surface area (Å²) in [4.78, 5) is 28.7. The van der Waals surface area contributed by atoms with Gasteiger partial charge in [-0.1, -0.05) is 12.1 Å². The first kappa shape index (κ1) is 15.0. The summed E-state index contributed by atoms with van der Waals surface area (Å²) in [7, 11) is 1.69. The number of aliphatic carboxylic acids is 1. The molecule has 0 aliphatic carbocycles. The Kier molecular flexibility index (Phi) is 4.57. The van der Waals surface area contributed by atoms with Crippen molar-refractivity contribution in [3.63, 3.8) is 0 Å². The second-order valence-corrected chi connectivity index (χ2v) is 5.07. The van der Waals surface area contributed by atoms with Crippen LogP contribution in [0.3, 0.4) is 0 Å². The molecule has 0 saturated heterocycles. The van der Waals surface area contributed by atoms with E-state index in [-0.39, 0.29) is 18.4 Å². The third kappa shape index (κ3) is 3.39. The van der Waals surface area contributed by atoms with E-state index in [0.29, 0.717) is 13.0 Å². The fourth-order valence-corrected chi connectivity index (χ4v) is 2.30. The van der Waals surface area contributed by atoms with Crippen molar-refractivity contribution in [2.75, 3.05) is 13.6 Å². The lowest BCUT2D eigenvalue weighted by Crippen LogP contribution is -2.33. The van der Waals surface area contributed by atoms with Crippen LogP contribution in [-0.4, -0.2) is 45.0 Å². The van der Waals surface area contributed by atoms with E-state index in [1.165, 1.54) is 0 Å². The maximum Gasteiger partial charge on any atom is 0.303 e. The summed E-state index contributed by atoms with van der Waals surface area (Å²) in [6.45, 7) is 2.26. The molecule has 2 rings (SSSR count). The minimum Gasteiger partial charge on any atom is -0.481 e. The zero-order chi connectivity index (χ0) is 15.4. The third-order valence-electron chi connectivity index (χ3n) is 3.52. The second kappa shape index (κ2) is 6.39. The first-order valence-corrected chi connectivity index (χ1v) is 6.89. The van der Waals surface area contributed by atoms with Gasteiger partial charge in [0.05, 0.1) is 17.4 Å². The zero-order valence-electron chi connectivity index (χ0n) is 12.2. The number of hydrogen-bond donors (Lipinski definition) is 1. The van der Waals surface area contributed by atoms with E-state index in [1.54, 1.807) is 18.3 Å². The quantitative estimate of drug-likeness (QED) is 0.881. The highest BCUT2D eigenvalue weighted by Gasteiger charge is 2.20. The van der Waals surface area contributed by atoms with E-state index in [2.05, 4.69) is 4.98 Å². The molecule has 6 heteroatoms. The van der Waals surface area contributed by atoms with Crippen LogP contribution in [0.1, 0.15) is 25.8 Å². The highest BCUT2D eigenvalue weighted by Crippen LogP contribution is 2.18. The van der Waals surface area contributed by atoms with Gasteiger partial charge in [0.1, 0.15) is 6.04 Å². The van der Waals surface area contributed by atoms with Crippen molar-refractivity contribution < 1.29 is 14.7 Å². The molecule has 0 spiro atoms. The molecular formula is C15H19N3O3. The molecule has 1 heterocycles. The van der Waals surface area contributed by atoms with Gasteiger partial charge in [-0.05, 0) is 25.5 Å². The zero-order valence-corrected chi connectivity index (χ0v) is 12.2. The molecule has 112 valence electrons. The molecular weight excluding hydrogens is 270 g/mol. The lowest BCUT2D eigenvalue weighted by molar-refractivity contribution is -0.138. The predicted octanol–water partition coefficient (Wildman–Crippen LogP) is 1.92. The van der Waals surface area contributed by atoms with Crippen molar-refractivity contribution in [3.8, 4) is 0 Å². The number of para-hydroxylation sites is 2. The predicted molar refractivity (Wildman–Crippen MR) is 79.0 cm³/mol. The lowest BCUT2D eigenvalue weighted by Gasteiger charge is -2.22. The van der Waals surface area contributed by atoms with E-state index < -0.39 is 5.97 Å². The van der Waals surface area contributed by atoms with Gasteiger partial charge < -0.3 is 14.6 Å². The molecule has 1 unspecified atom stereocenters. The Hall–Kier alpha value is -2.37. The Morgan fingerprint density at radius 2 is 2.10 bits per heavy atom. The number of benzene rings is 1. The number of carbonyl (C=O) groups is 2. The summed E-state index contributed by atoms with van der Waals surface area (Å²) in [6.07, 6.45) is 2.19. The van der Waals surface area contributed by atoms with Gasteiger partial charge in [-0.25, -0.2) is 4.98 Å². The largest absolute Gasteiger partial charge is 0.481 e. The maximum atomic E-state index is 12.4. The average molecular weight is 289 g/mol. The lowest BCUT2D eigenvalue weighted by atomic mass is 10.2. The topological polar surface area (TPSA) is 75.4 Å². The van der Waals surface area contributed by atoms with Crippen molar-refractivity contribution in [1.82, 2.24) is 14.5 Å². The molecule has 1 N–H and O–H groups in total. The van der Waals surface area contributed by atoms with E-state index >= 15 is 0 Å². The molecule has 1 atom stereocenters. The van der Waals surface area contributed by atoms with Crippen LogP contribution in [0, 0.1) is 0 Å². The number of likely N-dealkylation sites (N-methyl/N-ethyl adjacent to an activating group) is 1. The maximum absolute atomic E-state index is 12.4. The number of imidazole rings is 1. The summed E-state index contributed by atoms with van der Waals surface area (Å²) < 4.78 is 1.84. The third-order valence-corrected chi connectivity index (χ3v) is 3.52. The summed E-state index contributed by atoms with van der Waals surface area (Å²) in [5.74, 6) is -0.895. The smallest absolute Gasteiger partial charge is 0.303 e. The standard InChI is InChI=1S/C15H19N3O3/c1-11(15(21)17(2)9-5-8-14(19)20)18-10-16-12-6-3-4-7-13(12)18/h3-4,6-7,10-11H,5,8-9H2,1-2H3,(H,19,20). The normalized spacial score (nSPS) is 12.3. The number of rotatable bonds is 6. The van der Waals surface area contributed by atoms with Gasteiger partial charge in [-0.15, -0.1) is 0 Å². The van der Waals surface area contributed by atoms with Crippen LogP contribution in [0.2, 0.25) is 0 Å².